The fraction of sp³-hybridized carbons (Fsp3) is 0.467. The zero-order chi connectivity index (χ0) is 15.7. The molecule has 1 saturated heterocycles. The Morgan fingerprint density at radius 1 is 1.24 bits per heavy atom. The predicted molar refractivity (Wildman–Crippen MR) is 76.8 cm³/mol. The van der Waals surface area contributed by atoms with Crippen LogP contribution in [0.25, 0.3) is 0 Å². The van der Waals surface area contributed by atoms with Crippen molar-refractivity contribution >= 4 is 11.9 Å². The molecule has 21 heavy (non-hydrogen) atoms. The average Bonchev–Trinajstić information content (AvgIpc) is 2.48. The average molecular weight is 295 g/mol. The summed E-state index contributed by atoms with van der Waals surface area (Å²) in [6, 6.07) is 6.55. The summed E-state index contributed by atoms with van der Waals surface area (Å²) in [6.45, 7) is 0.688. The Hall–Kier alpha value is -2.08. The minimum absolute atomic E-state index is 0.130. The number of nitrogens with two attached hydrogens (primary N) is 1. The number of benzene rings is 1. The van der Waals surface area contributed by atoms with Crippen LogP contribution < -0.4 is 5.73 Å². The molecule has 1 heterocycles. The highest BCUT2D eigenvalue weighted by molar-refractivity contribution is 5.78. The van der Waals surface area contributed by atoms with Crippen LogP contribution in [0, 0.1) is 0 Å². The number of amides is 1. The lowest BCUT2D eigenvalue weighted by molar-refractivity contribution is -0.137. The van der Waals surface area contributed by atoms with Crippen LogP contribution in [-0.2, 0) is 20.7 Å². The van der Waals surface area contributed by atoms with Gasteiger partial charge < -0.3 is 20.7 Å². The molecular formula is C15H21NO5. The van der Waals surface area contributed by atoms with Gasteiger partial charge in [0, 0.05) is 13.0 Å². The second-order valence-corrected chi connectivity index (χ2v) is 4.82. The molecule has 6 heteroatoms. The van der Waals surface area contributed by atoms with Crippen molar-refractivity contribution in [2.75, 3.05) is 6.61 Å². The third-order valence-electron chi connectivity index (χ3n) is 3.06. The highest BCUT2D eigenvalue weighted by Gasteiger charge is 2.18. The van der Waals surface area contributed by atoms with Crippen LogP contribution in [-0.4, -0.2) is 34.8 Å². The number of hydrogen-bond donors (Lipinski definition) is 3. The van der Waals surface area contributed by atoms with Crippen molar-refractivity contribution in [3.05, 3.63) is 29.8 Å². The molecule has 0 radical (unpaired) electrons. The van der Waals surface area contributed by atoms with Crippen LogP contribution in [0.15, 0.2) is 24.3 Å². The van der Waals surface area contributed by atoms with Crippen LogP contribution in [0.5, 0.6) is 5.75 Å². The molecule has 1 fully saturated rings. The molecule has 0 aliphatic carbocycles. The molecule has 0 bridgehead atoms. The first-order valence-corrected chi connectivity index (χ1v) is 6.89. The van der Waals surface area contributed by atoms with Gasteiger partial charge in [0.15, 0.2) is 0 Å². The molecule has 1 aliphatic heterocycles. The van der Waals surface area contributed by atoms with Crippen LogP contribution >= 0.6 is 0 Å². The Balaban J connectivity index is 0.000000219. The minimum atomic E-state index is -0.803. The molecular weight excluding hydrogens is 274 g/mol. The number of rotatable bonds is 4. The molecule has 1 aromatic rings. The Morgan fingerprint density at radius 2 is 1.90 bits per heavy atom. The molecule has 1 aliphatic rings. The number of aliphatic carboxylic acids is 1. The first kappa shape index (κ1) is 17.0. The summed E-state index contributed by atoms with van der Waals surface area (Å²) in [7, 11) is 0. The van der Waals surface area contributed by atoms with E-state index in [4.69, 9.17) is 20.7 Å². The molecule has 1 atom stereocenters. The number of carboxylic acids is 1. The number of primary amides is 1. The SMILES string of the molecule is NC(=O)C1CCCCO1.O=C(O)CCc1ccc(O)cc1. The van der Waals surface area contributed by atoms with Gasteiger partial charge in [0.2, 0.25) is 5.91 Å². The fourth-order valence-electron chi connectivity index (χ4n) is 1.88. The maximum atomic E-state index is 10.5. The summed E-state index contributed by atoms with van der Waals surface area (Å²) in [5.41, 5.74) is 5.93. The van der Waals surface area contributed by atoms with Crippen LogP contribution in [0.1, 0.15) is 31.2 Å². The Bertz CT molecular complexity index is 452. The van der Waals surface area contributed by atoms with Crippen molar-refractivity contribution in [2.45, 2.75) is 38.2 Å². The quantitative estimate of drug-likeness (QED) is 0.778. The molecule has 0 saturated carbocycles. The van der Waals surface area contributed by atoms with E-state index in [0.29, 0.717) is 13.0 Å². The van der Waals surface area contributed by atoms with E-state index in [1.54, 1.807) is 24.3 Å². The van der Waals surface area contributed by atoms with E-state index in [9.17, 15) is 9.59 Å². The lowest BCUT2D eigenvalue weighted by atomic mass is 10.1. The Labute approximate surface area is 123 Å². The summed E-state index contributed by atoms with van der Waals surface area (Å²) in [5, 5.41) is 17.3. The number of aromatic hydroxyl groups is 1. The van der Waals surface area contributed by atoms with Crippen LogP contribution in [0.2, 0.25) is 0 Å². The number of carbonyl (C=O) groups is 2. The minimum Gasteiger partial charge on any atom is -0.508 e. The van der Waals surface area contributed by atoms with Gasteiger partial charge in [0.1, 0.15) is 11.9 Å². The first-order chi connectivity index (χ1) is 9.99. The van der Waals surface area contributed by atoms with E-state index in [1.807, 2.05) is 0 Å². The molecule has 1 amide bonds. The third kappa shape index (κ3) is 7.31. The van der Waals surface area contributed by atoms with Gasteiger partial charge in [-0.1, -0.05) is 12.1 Å². The number of carbonyl (C=O) groups excluding carboxylic acids is 1. The predicted octanol–water partition coefficient (Wildman–Crippen LogP) is 1.45. The van der Waals surface area contributed by atoms with Gasteiger partial charge in [-0.05, 0) is 43.4 Å². The van der Waals surface area contributed by atoms with Crippen molar-refractivity contribution in [3.63, 3.8) is 0 Å². The normalized spacial score (nSPS) is 17.4. The molecule has 2 rings (SSSR count). The summed E-state index contributed by atoms with van der Waals surface area (Å²) in [5.74, 6) is -0.924. The number of carboxylic acid groups (broad SMARTS) is 1. The molecule has 0 aromatic heterocycles. The standard InChI is InChI=1S/C9H10O3.C6H11NO2/c10-8-4-1-7(2-5-8)3-6-9(11)12;7-6(8)5-3-1-2-4-9-5/h1-2,4-5,10H,3,6H2,(H,11,12);5H,1-4H2,(H2,7,8). The second kappa shape index (κ2) is 8.97. The van der Waals surface area contributed by atoms with E-state index < -0.39 is 5.97 Å². The summed E-state index contributed by atoms with van der Waals surface area (Å²) >= 11 is 0. The van der Waals surface area contributed by atoms with Gasteiger partial charge in [0.25, 0.3) is 0 Å². The van der Waals surface area contributed by atoms with Gasteiger partial charge in [0.05, 0.1) is 0 Å². The van der Waals surface area contributed by atoms with Gasteiger partial charge in [-0.25, -0.2) is 0 Å². The number of hydrogen-bond acceptors (Lipinski definition) is 4. The first-order valence-electron chi connectivity index (χ1n) is 6.89. The molecule has 0 spiro atoms. The van der Waals surface area contributed by atoms with Crippen molar-refractivity contribution in [2.24, 2.45) is 5.73 Å². The highest BCUT2D eigenvalue weighted by Crippen LogP contribution is 2.11. The Morgan fingerprint density at radius 3 is 2.33 bits per heavy atom. The van der Waals surface area contributed by atoms with Crippen LogP contribution in [0.3, 0.4) is 0 Å². The lowest BCUT2D eigenvalue weighted by Crippen LogP contribution is -2.33. The Kier molecular flexibility index (Phi) is 7.25. The van der Waals surface area contributed by atoms with E-state index in [2.05, 4.69) is 0 Å². The van der Waals surface area contributed by atoms with E-state index in [0.717, 1.165) is 24.8 Å². The fourth-order valence-corrected chi connectivity index (χ4v) is 1.88. The molecule has 116 valence electrons. The van der Waals surface area contributed by atoms with E-state index in [-0.39, 0.29) is 24.2 Å². The maximum absolute atomic E-state index is 10.5. The summed E-state index contributed by atoms with van der Waals surface area (Å²) in [6.07, 6.45) is 3.26. The molecule has 4 N–H and O–H groups in total. The highest BCUT2D eigenvalue weighted by atomic mass is 16.5. The van der Waals surface area contributed by atoms with E-state index in [1.165, 1.54) is 0 Å². The molecule has 1 aromatic carbocycles. The number of phenolic OH excluding ortho intramolecular Hbond substituents is 1. The third-order valence-corrected chi connectivity index (χ3v) is 3.06. The summed E-state index contributed by atoms with van der Waals surface area (Å²) < 4.78 is 5.06. The molecule has 1 unspecified atom stereocenters. The maximum Gasteiger partial charge on any atom is 0.303 e. The van der Waals surface area contributed by atoms with E-state index >= 15 is 0 Å². The van der Waals surface area contributed by atoms with Crippen molar-refractivity contribution in [3.8, 4) is 5.75 Å². The summed E-state index contributed by atoms with van der Waals surface area (Å²) in [4.78, 5) is 20.6. The van der Waals surface area contributed by atoms with Gasteiger partial charge >= 0.3 is 5.97 Å². The van der Waals surface area contributed by atoms with Gasteiger partial charge in [-0.3, -0.25) is 9.59 Å². The lowest BCUT2D eigenvalue weighted by Gasteiger charge is -2.18. The van der Waals surface area contributed by atoms with Gasteiger partial charge in [-0.2, -0.15) is 0 Å². The zero-order valence-corrected chi connectivity index (χ0v) is 11.8. The number of phenols is 1. The largest absolute Gasteiger partial charge is 0.508 e. The van der Waals surface area contributed by atoms with Crippen molar-refractivity contribution in [1.29, 1.82) is 0 Å². The zero-order valence-electron chi connectivity index (χ0n) is 11.8. The monoisotopic (exact) mass is 295 g/mol. The number of aryl methyl sites for hydroxylation is 1. The number of ether oxygens (including phenoxy) is 1. The van der Waals surface area contributed by atoms with Crippen molar-refractivity contribution in [1.82, 2.24) is 0 Å². The second-order valence-electron chi connectivity index (χ2n) is 4.82. The van der Waals surface area contributed by atoms with Crippen LogP contribution in [0.4, 0.5) is 0 Å². The van der Waals surface area contributed by atoms with Crippen molar-refractivity contribution < 1.29 is 24.5 Å². The molecule has 6 nitrogen and oxygen atoms in total. The van der Waals surface area contributed by atoms with Gasteiger partial charge in [-0.15, -0.1) is 0 Å². The smallest absolute Gasteiger partial charge is 0.303 e. The topological polar surface area (TPSA) is 110 Å².